The number of halogens is 2. The first-order valence-corrected chi connectivity index (χ1v) is 11.2. The first kappa shape index (κ1) is 24.2. The number of nitrogens with zero attached hydrogens (tertiary/aromatic N) is 1. The van der Waals surface area contributed by atoms with Gasteiger partial charge in [0.2, 0.25) is 11.8 Å². The number of hydrogen-bond donors (Lipinski definition) is 1. The van der Waals surface area contributed by atoms with E-state index in [0.717, 1.165) is 17.5 Å². The van der Waals surface area contributed by atoms with Crippen molar-refractivity contribution >= 4 is 35.0 Å². The molecule has 2 amide bonds. The molecule has 0 spiro atoms. The number of hydrogen-bond acceptors (Lipinski definition) is 2. The summed E-state index contributed by atoms with van der Waals surface area (Å²) >= 11 is 12.1. The summed E-state index contributed by atoms with van der Waals surface area (Å²) in [6.07, 6.45) is 2.23. The second-order valence-corrected chi connectivity index (χ2v) is 8.30. The van der Waals surface area contributed by atoms with Crippen LogP contribution in [0.5, 0.6) is 0 Å². The fourth-order valence-corrected chi connectivity index (χ4v) is 3.58. The number of carbonyl (C=O) groups excluding carboxylic acids is 2. The van der Waals surface area contributed by atoms with E-state index >= 15 is 0 Å². The molecule has 2 unspecified atom stereocenters. The molecule has 2 aromatic rings. The molecule has 2 atom stereocenters. The van der Waals surface area contributed by atoms with E-state index in [1.165, 1.54) is 0 Å². The van der Waals surface area contributed by atoms with Crippen molar-refractivity contribution in [3.8, 4) is 0 Å². The zero-order chi connectivity index (χ0) is 22.1. The van der Waals surface area contributed by atoms with Gasteiger partial charge in [-0.15, -0.1) is 0 Å². The predicted octanol–water partition coefficient (Wildman–Crippen LogP) is 5.30. The van der Waals surface area contributed by atoms with Crippen molar-refractivity contribution in [1.82, 2.24) is 10.2 Å². The Morgan fingerprint density at radius 3 is 2.27 bits per heavy atom. The molecular formula is C24H30Cl2N2O2. The van der Waals surface area contributed by atoms with E-state index in [2.05, 4.69) is 5.32 Å². The third kappa shape index (κ3) is 7.03. The van der Waals surface area contributed by atoms with Gasteiger partial charge in [0, 0.05) is 12.6 Å². The second-order valence-electron chi connectivity index (χ2n) is 7.49. The highest BCUT2D eigenvalue weighted by Crippen LogP contribution is 2.23. The van der Waals surface area contributed by atoms with E-state index in [-0.39, 0.29) is 24.3 Å². The predicted molar refractivity (Wildman–Crippen MR) is 124 cm³/mol. The first-order valence-electron chi connectivity index (χ1n) is 10.4. The largest absolute Gasteiger partial charge is 0.352 e. The molecule has 162 valence electrons. The molecule has 2 aromatic carbocycles. The molecule has 0 aliphatic carbocycles. The highest BCUT2D eigenvalue weighted by molar-refractivity contribution is 6.42. The summed E-state index contributed by atoms with van der Waals surface area (Å²) in [6, 6.07) is 14.7. The van der Waals surface area contributed by atoms with Gasteiger partial charge in [-0.3, -0.25) is 9.59 Å². The lowest BCUT2D eigenvalue weighted by Crippen LogP contribution is -2.52. The van der Waals surface area contributed by atoms with Crippen molar-refractivity contribution in [2.45, 2.75) is 58.5 Å². The Labute approximate surface area is 189 Å². The average molecular weight is 449 g/mol. The average Bonchev–Trinajstić information content (AvgIpc) is 2.74. The highest BCUT2D eigenvalue weighted by Gasteiger charge is 2.28. The molecule has 0 heterocycles. The van der Waals surface area contributed by atoms with Crippen molar-refractivity contribution in [2.75, 3.05) is 6.54 Å². The zero-order valence-electron chi connectivity index (χ0n) is 17.8. The van der Waals surface area contributed by atoms with Crippen molar-refractivity contribution in [3.63, 3.8) is 0 Å². The van der Waals surface area contributed by atoms with Gasteiger partial charge in [-0.2, -0.15) is 0 Å². The van der Waals surface area contributed by atoms with Crippen LogP contribution in [-0.4, -0.2) is 35.3 Å². The summed E-state index contributed by atoms with van der Waals surface area (Å²) in [5, 5.41) is 3.89. The second kappa shape index (κ2) is 12.0. The van der Waals surface area contributed by atoms with E-state index < -0.39 is 6.04 Å². The summed E-state index contributed by atoms with van der Waals surface area (Å²) in [7, 11) is 0. The number of rotatable bonds is 10. The van der Waals surface area contributed by atoms with E-state index in [4.69, 9.17) is 23.2 Å². The third-order valence-electron chi connectivity index (χ3n) is 5.21. The van der Waals surface area contributed by atoms with Crippen LogP contribution in [0.4, 0.5) is 0 Å². The van der Waals surface area contributed by atoms with Gasteiger partial charge in [0.1, 0.15) is 6.04 Å². The number of carbonyl (C=O) groups is 2. The molecule has 4 nitrogen and oxygen atoms in total. The monoisotopic (exact) mass is 448 g/mol. The summed E-state index contributed by atoms with van der Waals surface area (Å²) in [5.41, 5.74) is 1.90. The molecule has 6 heteroatoms. The number of amides is 2. The van der Waals surface area contributed by atoms with Crippen molar-refractivity contribution in [3.05, 3.63) is 69.7 Å². The molecule has 2 rings (SSSR count). The Morgan fingerprint density at radius 1 is 0.967 bits per heavy atom. The van der Waals surface area contributed by atoms with Crippen molar-refractivity contribution < 1.29 is 9.59 Å². The van der Waals surface area contributed by atoms with Crippen LogP contribution in [0.15, 0.2) is 48.5 Å². The van der Waals surface area contributed by atoms with Crippen LogP contribution in [0.1, 0.15) is 44.7 Å². The molecule has 30 heavy (non-hydrogen) atoms. The molecule has 0 fully saturated rings. The van der Waals surface area contributed by atoms with Crippen LogP contribution in [0.3, 0.4) is 0 Å². The number of benzene rings is 2. The van der Waals surface area contributed by atoms with Gasteiger partial charge in [-0.05, 0) is 49.4 Å². The Balaban J connectivity index is 2.22. The smallest absolute Gasteiger partial charge is 0.243 e. The molecule has 0 bridgehead atoms. The summed E-state index contributed by atoms with van der Waals surface area (Å²) < 4.78 is 0. The molecule has 0 radical (unpaired) electrons. The first-order chi connectivity index (χ1) is 14.3. The van der Waals surface area contributed by atoms with Crippen LogP contribution >= 0.6 is 23.2 Å². The molecule has 0 aliphatic rings. The van der Waals surface area contributed by atoms with Crippen LogP contribution < -0.4 is 5.32 Å². The standard InChI is InChI=1S/C24H30Cl2N2O2/c1-4-17(3)27-24(30)22(5-2)28(14-13-18-9-7-6-8-10-18)23(29)16-19-11-12-20(25)21(26)15-19/h6-12,15,17,22H,4-5,13-14,16H2,1-3H3,(H,27,30). The Hall–Kier alpha value is -2.04. The lowest BCUT2D eigenvalue weighted by molar-refractivity contribution is -0.140. The topological polar surface area (TPSA) is 49.4 Å². The van der Waals surface area contributed by atoms with Gasteiger partial charge in [0.25, 0.3) is 0 Å². The van der Waals surface area contributed by atoms with Crippen molar-refractivity contribution in [1.29, 1.82) is 0 Å². The molecule has 1 N–H and O–H groups in total. The normalized spacial score (nSPS) is 12.8. The van der Waals surface area contributed by atoms with E-state index in [1.807, 2.05) is 51.1 Å². The number of nitrogens with one attached hydrogen (secondary N) is 1. The zero-order valence-corrected chi connectivity index (χ0v) is 19.3. The third-order valence-corrected chi connectivity index (χ3v) is 5.95. The van der Waals surface area contributed by atoms with Gasteiger partial charge in [-0.25, -0.2) is 0 Å². The Morgan fingerprint density at radius 2 is 1.67 bits per heavy atom. The molecule has 0 aromatic heterocycles. The minimum Gasteiger partial charge on any atom is -0.352 e. The van der Waals surface area contributed by atoms with Crippen molar-refractivity contribution in [2.24, 2.45) is 0 Å². The van der Waals surface area contributed by atoms with Gasteiger partial charge in [-0.1, -0.05) is 73.4 Å². The molecule has 0 aliphatic heterocycles. The summed E-state index contributed by atoms with van der Waals surface area (Å²) in [4.78, 5) is 27.9. The van der Waals surface area contributed by atoms with Gasteiger partial charge < -0.3 is 10.2 Å². The van der Waals surface area contributed by atoms with E-state index in [0.29, 0.717) is 29.4 Å². The molecule has 0 saturated heterocycles. The minimum absolute atomic E-state index is 0.0627. The molecular weight excluding hydrogens is 419 g/mol. The summed E-state index contributed by atoms with van der Waals surface area (Å²) in [5.74, 6) is -0.210. The highest BCUT2D eigenvalue weighted by atomic mass is 35.5. The maximum atomic E-state index is 13.3. The Bertz CT molecular complexity index is 842. The van der Waals surface area contributed by atoms with Crippen LogP contribution in [-0.2, 0) is 22.4 Å². The molecule has 0 saturated carbocycles. The maximum Gasteiger partial charge on any atom is 0.243 e. The van der Waals surface area contributed by atoms with E-state index in [1.54, 1.807) is 23.1 Å². The lowest BCUT2D eigenvalue weighted by atomic mass is 10.1. The quantitative estimate of drug-likeness (QED) is 0.535. The fraction of sp³-hybridized carbons (Fsp3) is 0.417. The van der Waals surface area contributed by atoms with Gasteiger partial charge in [0.05, 0.1) is 16.5 Å². The van der Waals surface area contributed by atoms with Gasteiger partial charge >= 0.3 is 0 Å². The Kier molecular flexibility index (Phi) is 9.67. The maximum absolute atomic E-state index is 13.3. The fourth-order valence-electron chi connectivity index (χ4n) is 3.26. The SMILES string of the molecule is CCC(C)NC(=O)C(CC)N(CCc1ccccc1)C(=O)Cc1ccc(Cl)c(Cl)c1. The van der Waals surface area contributed by atoms with Crippen LogP contribution in [0, 0.1) is 0 Å². The minimum atomic E-state index is -0.516. The van der Waals surface area contributed by atoms with Gasteiger partial charge in [0.15, 0.2) is 0 Å². The lowest BCUT2D eigenvalue weighted by Gasteiger charge is -2.31. The summed E-state index contributed by atoms with van der Waals surface area (Å²) in [6.45, 7) is 6.39. The van der Waals surface area contributed by atoms with Crippen LogP contribution in [0.2, 0.25) is 10.0 Å². The van der Waals surface area contributed by atoms with Crippen LogP contribution in [0.25, 0.3) is 0 Å². The van der Waals surface area contributed by atoms with E-state index in [9.17, 15) is 9.59 Å².